The average Bonchev–Trinajstić information content (AvgIpc) is 3.53. The molecule has 1 aliphatic heterocycles. The number of amides is 1. The number of hydrogen-bond acceptors (Lipinski definition) is 5. The van der Waals surface area contributed by atoms with Crippen LogP contribution >= 0.6 is 0 Å². The normalized spacial score (nSPS) is 13.3. The molecule has 1 N–H and O–H groups in total. The van der Waals surface area contributed by atoms with Crippen molar-refractivity contribution in [3.63, 3.8) is 0 Å². The van der Waals surface area contributed by atoms with Crippen molar-refractivity contribution in [2.45, 2.75) is 52.8 Å². The lowest BCUT2D eigenvalue weighted by Gasteiger charge is -2.24. The average molecular weight is 562 g/mol. The summed E-state index contributed by atoms with van der Waals surface area (Å²) >= 11 is 0. The number of carbonyl (C=O) groups excluding carboxylic acids is 2. The zero-order valence-corrected chi connectivity index (χ0v) is 23.7. The van der Waals surface area contributed by atoms with E-state index in [0.29, 0.717) is 45.0 Å². The number of fused-ring (bicyclic) bond motifs is 1. The van der Waals surface area contributed by atoms with Crippen LogP contribution in [-0.4, -0.2) is 38.4 Å². The largest absolute Gasteiger partial charge is 0.456 e. The Morgan fingerprint density at radius 3 is 2.44 bits per heavy atom. The van der Waals surface area contributed by atoms with E-state index in [2.05, 4.69) is 10.4 Å². The van der Waals surface area contributed by atoms with Crippen molar-refractivity contribution in [2.24, 2.45) is 7.05 Å². The molecule has 0 saturated carbocycles. The molecule has 8 nitrogen and oxygen atoms in total. The van der Waals surface area contributed by atoms with E-state index in [1.54, 1.807) is 30.3 Å². The van der Waals surface area contributed by atoms with Crippen LogP contribution in [0.15, 0.2) is 60.9 Å². The monoisotopic (exact) mass is 561 g/mol. The molecule has 3 heterocycles. The minimum absolute atomic E-state index is 0.210. The Balaban J connectivity index is 1.63. The van der Waals surface area contributed by atoms with Gasteiger partial charge >= 0.3 is 12.5 Å². The van der Waals surface area contributed by atoms with E-state index in [0.717, 1.165) is 30.3 Å². The summed E-state index contributed by atoms with van der Waals surface area (Å²) in [4.78, 5) is 29.0. The van der Waals surface area contributed by atoms with Gasteiger partial charge in [-0.2, -0.15) is 13.9 Å². The molecule has 214 valence electrons. The number of carbonyl (C=O) groups is 2. The van der Waals surface area contributed by atoms with Gasteiger partial charge in [-0.3, -0.25) is 9.69 Å². The number of aromatic nitrogens is 3. The molecule has 5 rings (SSSR count). The highest BCUT2D eigenvalue weighted by Crippen LogP contribution is 2.35. The number of esters is 1. The van der Waals surface area contributed by atoms with Gasteiger partial charge in [-0.15, -0.1) is 0 Å². The summed E-state index contributed by atoms with van der Waals surface area (Å²) in [5.41, 5.74) is 4.97. The molecule has 1 aliphatic rings. The van der Waals surface area contributed by atoms with Gasteiger partial charge in [0.1, 0.15) is 5.60 Å². The van der Waals surface area contributed by atoms with Crippen LogP contribution in [0.3, 0.4) is 0 Å². The molecule has 4 aromatic rings. The second-order valence-electron chi connectivity index (χ2n) is 11.1. The first kappa shape index (κ1) is 28.2. The zero-order chi connectivity index (χ0) is 29.5. The topological polar surface area (TPSA) is 81.4 Å². The third-order valence-corrected chi connectivity index (χ3v) is 7.15. The summed E-state index contributed by atoms with van der Waals surface area (Å²) < 4.78 is 34.9. The maximum absolute atomic E-state index is 14.2. The Kier molecular flexibility index (Phi) is 7.52. The molecule has 2 aromatic heterocycles. The number of halogens is 2. The summed E-state index contributed by atoms with van der Waals surface area (Å²) in [7, 11) is 1.84. The SMILES string of the molecule is Cc1c(C(=O)N(c2ccccc2)c2cnn(C(F)F)c2)cc(-c2cc3c(cc2C(=O)OC(C)(C)C)CNCC3)n1C. The molecule has 0 spiro atoms. The van der Waals surface area contributed by atoms with Crippen molar-refractivity contribution < 1.29 is 23.1 Å². The number of para-hydroxylation sites is 1. The lowest BCUT2D eigenvalue weighted by molar-refractivity contribution is 0.00700. The van der Waals surface area contributed by atoms with Crippen LogP contribution in [0.2, 0.25) is 0 Å². The fraction of sp³-hybridized carbons (Fsp3) is 0.323. The number of rotatable bonds is 6. The van der Waals surface area contributed by atoms with Crippen LogP contribution < -0.4 is 10.2 Å². The van der Waals surface area contributed by atoms with Gasteiger partial charge in [0.05, 0.1) is 29.2 Å². The predicted molar refractivity (Wildman–Crippen MR) is 153 cm³/mol. The molecular weight excluding hydrogens is 528 g/mol. The number of anilines is 2. The van der Waals surface area contributed by atoms with Crippen LogP contribution in [0.1, 0.15) is 64.9 Å². The Labute approximate surface area is 237 Å². The summed E-state index contributed by atoms with van der Waals surface area (Å²) in [6, 6.07) is 14.5. The standard InChI is InChI=1S/C31H33F2N5O3/c1-19-24(28(39)38(22-9-7-6-8-10-22)23-17-35-37(18-23)30(32)33)15-27(36(19)5)25-13-20-11-12-34-16-21(20)14-26(25)29(40)41-31(2,3)4/h6-10,13-15,17-18,30,34H,11-12,16H2,1-5H3. The summed E-state index contributed by atoms with van der Waals surface area (Å²) in [5, 5.41) is 7.09. The van der Waals surface area contributed by atoms with Gasteiger partial charge in [0.2, 0.25) is 0 Å². The summed E-state index contributed by atoms with van der Waals surface area (Å²) in [5.74, 6) is -0.858. The maximum atomic E-state index is 14.2. The molecular formula is C31H33F2N5O3. The quantitative estimate of drug-likeness (QED) is 0.285. The van der Waals surface area contributed by atoms with E-state index in [9.17, 15) is 18.4 Å². The van der Waals surface area contributed by atoms with E-state index < -0.39 is 24.0 Å². The summed E-state index contributed by atoms with van der Waals surface area (Å²) in [6.07, 6.45) is 3.20. The number of alkyl halides is 2. The molecule has 2 aromatic carbocycles. The van der Waals surface area contributed by atoms with Crippen molar-refractivity contribution >= 4 is 23.3 Å². The van der Waals surface area contributed by atoms with Crippen LogP contribution in [0.5, 0.6) is 0 Å². The third-order valence-electron chi connectivity index (χ3n) is 7.15. The first-order valence-corrected chi connectivity index (χ1v) is 13.4. The summed E-state index contributed by atoms with van der Waals surface area (Å²) in [6.45, 7) is 5.92. The fourth-order valence-corrected chi connectivity index (χ4v) is 5.05. The molecule has 0 atom stereocenters. The molecule has 0 fully saturated rings. The third kappa shape index (κ3) is 5.65. The first-order valence-electron chi connectivity index (χ1n) is 13.4. The van der Waals surface area contributed by atoms with E-state index in [1.807, 2.05) is 57.5 Å². The van der Waals surface area contributed by atoms with Crippen molar-refractivity contribution in [1.82, 2.24) is 19.7 Å². The first-order chi connectivity index (χ1) is 19.4. The van der Waals surface area contributed by atoms with Gasteiger partial charge in [0.25, 0.3) is 5.91 Å². The van der Waals surface area contributed by atoms with Gasteiger partial charge in [-0.25, -0.2) is 9.48 Å². The van der Waals surface area contributed by atoms with Gasteiger partial charge in [-0.1, -0.05) is 18.2 Å². The molecule has 1 amide bonds. The van der Waals surface area contributed by atoms with E-state index >= 15 is 0 Å². The smallest absolute Gasteiger partial charge is 0.339 e. The minimum Gasteiger partial charge on any atom is -0.456 e. The number of nitrogens with one attached hydrogen (secondary N) is 1. The predicted octanol–water partition coefficient (Wildman–Crippen LogP) is 6.17. The minimum atomic E-state index is -2.84. The van der Waals surface area contributed by atoms with Crippen molar-refractivity contribution in [3.8, 4) is 11.3 Å². The molecule has 0 radical (unpaired) electrons. The molecule has 0 aliphatic carbocycles. The van der Waals surface area contributed by atoms with Crippen LogP contribution in [0, 0.1) is 6.92 Å². The number of benzene rings is 2. The van der Waals surface area contributed by atoms with Crippen LogP contribution in [0.4, 0.5) is 20.2 Å². The van der Waals surface area contributed by atoms with Gasteiger partial charge in [0, 0.05) is 36.2 Å². The molecule has 10 heteroatoms. The van der Waals surface area contributed by atoms with Crippen LogP contribution in [0.25, 0.3) is 11.3 Å². The Hall–Kier alpha value is -4.31. The Bertz CT molecular complexity index is 1600. The molecule has 0 bridgehead atoms. The highest BCUT2D eigenvalue weighted by atomic mass is 19.3. The number of hydrogen-bond donors (Lipinski definition) is 1. The van der Waals surface area contributed by atoms with Crippen molar-refractivity contribution in [3.05, 3.63) is 88.9 Å². The second kappa shape index (κ2) is 10.9. The number of ether oxygens (including phenoxy) is 1. The van der Waals surface area contributed by atoms with Gasteiger partial charge in [-0.05, 0) is 82.1 Å². The lowest BCUT2D eigenvalue weighted by atomic mass is 9.92. The Morgan fingerprint density at radius 1 is 1.05 bits per heavy atom. The molecule has 0 saturated heterocycles. The fourth-order valence-electron chi connectivity index (χ4n) is 5.05. The second-order valence-corrected chi connectivity index (χ2v) is 11.1. The highest BCUT2D eigenvalue weighted by Gasteiger charge is 2.29. The van der Waals surface area contributed by atoms with E-state index in [4.69, 9.17) is 4.74 Å². The van der Waals surface area contributed by atoms with Gasteiger partial charge in [0.15, 0.2) is 0 Å². The van der Waals surface area contributed by atoms with Crippen LogP contribution in [-0.2, 0) is 24.8 Å². The number of nitrogens with zero attached hydrogens (tertiary/aromatic N) is 4. The lowest BCUT2D eigenvalue weighted by Crippen LogP contribution is -2.26. The van der Waals surface area contributed by atoms with Crippen molar-refractivity contribution in [2.75, 3.05) is 11.4 Å². The molecule has 41 heavy (non-hydrogen) atoms. The maximum Gasteiger partial charge on any atom is 0.339 e. The van der Waals surface area contributed by atoms with E-state index in [-0.39, 0.29) is 5.69 Å². The van der Waals surface area contributed by atoms with E-state index in [1.165, 1.54) is 11.1 Å². The Morgan fingerprint density at radius 2 is 1.78 bits per heavy atom. The highest BCUT2D eigenvalue weighted by molar-refractivity contribution is 6.12. The molecule has 0 unspecified atom stereocenters. The van der Waals surface area contributed by atoms with Gasteiger partial charge < -0.3 is 14.6 Å². The zero-order valence-electron chi connectivity index (χ0n) is 23.7. The van der Waals surface area contributed by atoms with Crippen molar-refractivity contribution in [1.29, 1.82) is 0 Å².